The zero-order chi connectivity index (χ0) is 18.2. The predicted molar refractivity (Wildman–Crippen MR) is 104 cm³/mol. The van der Waals surface area contributed by atoms with E-state index >= 15 is 0 Å². The SMILES string of the molecule is O=C(N/N=C/c1ccc(OCc2ccccc2)cc1)c1ccc(Cl)cc1. The molecule has 0 saturated carbocycles. The van der Waals surface area contributed by atoms with E-state index in [1.807, 2.05) is 54.6 Å². The maximum atomic E-state index is 11.9. The maximum Gasteiger partial charge on any atom is 0.271 e. The van der Waals surface area contributed by atoms with Gasteiger partial charge < -0.3 is 4.74 Å². The molecule has 0 aliphatic heterocycles. The summed E-state index contributed by atoms with van der Waals surface area (Å²) >= 11 is 5.80. The highest BCUT2D eigenvalue weighted by Crippen LogP contribution is 2.13. The molecule has 1 amide bonds. The topological polar surface area (TPSA) is 50.7 Å². The number of rotatable bonds is 6. The normalized spacial score (nSPS) is 10.7. The molecule has 4 nitrogen and oxygen atoms in total. The first kappa shape index (κ1) is 17.7. The number of benzene rings is 3. The van der Waals surface area contributed by atoms with Gasteiger partial charge in [0.1, 0.15) is 12.4 Å². The predicted octanol–water partition coefficient (Wildman–Crippen LogP) is 4.68. The van der Waals surface area contributed by atoms with Crippen molar-refractivity contribution in [3.8, 4) is 5.75 Å². The van der Waals surface area contributed by atoms with Crippen LogP contribution in [0.5, 0.6) is 5.75 Å². The lowest BCUT2D eigenvalue weighted by Gasteiger charge is -2.06. The maximum absolute atomic E-state index is 11.9. The molecule has 0 saturated heterocycles. The van der Waals surface area contributed by atoms with Crippen molar-refractivity contribution in [3.05, 3.63) is 101 Å². The Bertz CT molecular complexity index is 876. The van der Waals surface area contributed by atoms with E-state index < -0.39 is 0 Å². The Morgan fingerprint density at radius 3 is 2.35 bits per heavy atom. The van der Waals surface area contributed by atoms with Gasteiger partial charge in [-0.1, -0.05) is 41.9 Å². The van der Waals surface area contributed by atoms with Gasteiger partial charge in [0.2, 0.25) is 0 Å². The van der Waals surface area contributed by atoms with Crippen LogP contribution in [0, 0.1) is 0 Å². The summed E-state index contributed by atoms with van der Waals surface area (Å²) in [6.45, 7) is 0.519. The van der Waals surface area contributed by atoms with E-state index in [2.05, 4.69) is 10.5 Å². The molecule has 0 bridgehead atoms. The second-order valence-electron chi connectivity index (χ2n) is 5.55. The smallest absolute Gasteiger partial charge is 0.271 e. The number of nitrogens with zero attached hydrogens (tertiary/aromatic N) is 1. The van der Waals surface area contributed by atoms with Crippen LogP contribution in [0.4, 0.5) is 0 Å². The molecule has 3 aromatic carbocycles. The van der Waals surface area contributed by atoms with E-state index in [1.165, 1.54) is 0 Å². The molecular weight excluding hydrogens is 348 g/mol. The number of amides is 1. The molecule has 0 aliphatic carbocycles. The zero-order valence-electron chi connectivity index (χ0n) is 13.9. The van der Waals surface area contributed by atoms with Gasteiger partial charge in [0.25, 0.3) is 5.91 Å². The molecule has 0 spiro atoms. The van der Waals surface area contributed by atoms with Crippen molar-refractivity contribution in [2.45, 2.75) is 6.61 Å². The molecule has 0 aliphatic rings. The molecule has 0 heterocycles. The molecule has 3 aromatic rings. The van der Waals surface area contributed by atoms with Gasteiger partial charge >= 0.3 is 0 Å². The van der Waals surface area contributed by atoms with Crippen molar-refractivity contribution in [3.63, 3.8) is 0 Å². The Morgan fingerprint density at radius 2 is 1.65 bits per heavy atom. The largest absolute Gasteiger partial charge is 0.489 e. The van der Waals surface area contributed by atoms with Crippen LogP contribution in [0.1, 0.15) is 21.5 Å². The molecular formula is C21H17ClN2O2. The molecule has 0 radical (unpaired) electrons. The van der Waals surface area contributed by atoms with E-state index in [0.717, 1.165) is 16.9 Å². The zero-order valence-corrected chi connectivity index (χ0v) is 14.7. The second-order valence-corrected chi connectivity index (χ2v) is 5.99. The molecule has 130 valence electrons. The molecule has 0 atom stereocenters. The van der Waals surface area contributed by atoms with Gasteiger partial charge in [-0.2, -0.15) is 5.10 Å². The van der Waals surface area contributed by atoms with Crippen LogP contribution in [0.25, 0.3) is 0 Å². The van der Waals surface area contributed by atoms with Gasteiger partial charge in [-0.05, 0) is 59.7 Å². The highest BCUT2D eigenvalue weighted by atomic mass is 35.5. The third kappa shape index (κ3) is 5.19. The minimum absolute atomic E-state index is 0.291. The highest BCUT2D eigenvalue weighted by Gasteiger charge is 2.03. The fourth-order valence-corrected chi connectivity index (χ4v) is 2.35. The van der Waals surface area contributed by atoms with Crippen LogP contribution in [0.15, 0.2) is 84.0 Å². The molecule has 0 unspecified atom stereocenters. The fraction of sp³-hybridized carbons (Fsp3) is 0.0476. The Labute approximate surface area is 157 Å². The summed E-state index contributed by atoms with van der Waals surface area (Å²) in [6.07, 6.45) is 1.58. The lowest BCUT2D eigenvalue weighted by Crippen LogP contribution is -2.17. The first-order chi connectivity index (χ1) is 12.7. The van der Waals surface area contributed by atoms with Gasteiger partial charge in [-0.3, -0.25) is 4.79 Å². The van der Waals surface area contributed by atoms with E-state index in [-0.39, 0.29) is 5.91 Å². The van der Waals surface area contributed by atoms with Gasteiger partial charge in [-0.15, -0.1) is 0 Å². The van der Waals surface area contributed by atoms with Crippen molar-refractivity contribution in [2.75, 3.05) is 0 Å². The summed E-state index contributed by atoms with van der Waals surface area (Å²) in [5, 5.41) is 4.55. The van der Waals surface area contributed by atoms with Crippen LogP contribution in [-0.2, 0) is 6.61 Å². The Balaban J connectivity index is 1.51. The second kappa shape index (κ2) is 8.83. The average Bonchev–Trinajstić information content (AvgIpc) is 2.68. The summed E-state index contributed by atoms with van der Waals surface area (Å²) < 4.78 is 5.73. The lowest BCUT2D eigenvalue weighted by atomic mass is 10.2. The first-order valence-corrected chi connectivity index (χ1v) is 8.44. The van der Waals surface area contributed by atoms with E-state index in [9.17, 15) is 4.79 Å². The summed E-state index contributed by atoms with van der Waals surface area (Å²) in [5.41, 5.74) is 4.95. The Hall–Kier alpha value is -3.11. The Morgan fingerprint density at radius 1 is 0.962 bits per heavy atom. The van der Waals surface area contributed by atoms with Gasteiger partial charge in [0.05, 0.1) is 6.21 Å². The van der Waals surface area contributed by atoms with Crippen LogP contribution in [0.2, 0.25) is 5.02 Å². The number of hydrogen-bond acceptors (Lipinski definition) is 3. The minimum Gasteiger partial charge on any atom is -0.489 e. The first-order valence-electron chi connectivity index (χ1n) is 8.06. The molecule has 1 N–H and O–H groups in total. The van der Waals surface area contributed by atoms with Crippen molar-refractivity contribution in [2.24, 2.45) is 5.10 Å². The Kier molecular flexibility index (Phi) is 6.01. The average molecular weight is 365 g/mol. The van der Waals surface area contributed by atoms with Crippen molar-refractivity contribution >= 4 is 23.7 Å². The molecule has 5 heteroatoms. The summed E-state index contributed by atoms with van der Waals surface area (Å²) in [5.74, 6) is 0.483. The number of ether oxygens (including phenoxy) is 1. The van der Waals surface area contributed by atoms with Crippen LogP contribution in [-0.4, -0.2) is 12.1 Å². The highest BCUT2D eigenvalue weighted by molar-refractivity contribution is 6.30. The minimum atomic E-state index is -0.291. The van der Waals surface area contributed by atoms with Gasteiger partial charge in [-0.25, -0.2) is 5.43 Å². The van der Waals surface area contributed by atoms with E-state index in [1.54, 1.807) is 30.5 Å². The fourth-order valence-electron chi connectivity index (χ4n) is 2.22. The van der Waals surface area contributed by atoms with E-state index in [4.69, 9.17) is 16.3 Å². The molecule has 0 aromatic heterocycles. The number of hydrogen-bond donors (Lipinski definition) is 1. The monoisotopic (exact) mass is 364 g/mol. The van der Waals surface area contributed by atoms with E-state index in [0.29, 0.717) is 17.2 Å². The standard InChI is InChI=1S/C21H17ClN2O2/c22-19-10-8-18(9-11-19)21(25)24-23-14-16-6-12-20(13-7-16)26-15-17-4-2-1-3-5-17/h1-14H,15H2,(H,24,25)/b23-14+. The van der Waals surface area contributed by atoms with Gasteiger partial charge in [0, 0.05) is 10.6 Å². The molecule has 0 fully saturated rings. The van der Waals surface area contributed by atoms with Crippen LogP contribution < -0.4 is 10.2 Å². The quantitative estimate of drug-likeness (QED) is 0.510. The third-order valence-electron chi connectivity index (χ3n) is 3.61. The molecule has 26 heavy (non-hydrogen) atoms. The number of hydrazone groups is 1. The summed E-state index contributed by atoms with van der Waals surface area (Å²) in [4.78, 5) is 11.9. The number of carbonyl (C=O) groups excluding carboxylic acids is 1. The number of halogens is 1. The third-order valence-corrected chi connectivity index (χ3v) is 3.87. The number of carbonyl (C=O) groups is 1. The number of nitrogens with one attached hydrogen (secondary N) is 1. The summed E-state index contributed by atoms with van der Waals surface area (Å²) in [7, 11) is 0. The van der Waals surface area contributed by atoms with Gasteiger partial charge in [0.15, 0.2) is 0 Å². The summed E-state index contributed by atoms with van der Waals surface area (Å²) in [6, 6.07) is 24.1. The lowest BCUT2D eigenvalue weighted by molar-refractivity contribution is 0.0955. The van der Waals surface area contributed by atoms with Crippen molar-refractivity contribution in [1.29, 1.82) is 0 Å². The van der Waals surface area contributed by atoms with Crippen LogP contribution >= 0.6 is 11.6 Å². The molecule has 3 rings (SSSR count). The van der Waals surface area contributed by atoms with Crippen molar-refractivity contribution < 1.29 is 9.53 Å². The van der Waals surface area contributed by atoms with Crippen LogP contribution in [0.3, 0.4) is 0 Å². The van der Waals surface area contributed by atoms with Crippen molar-refractivity contribution in [1.82, 2.24) is 5.43 Å².